The molecule has 0 aromatic carbocycles. The minimum absolute atomic E-state index is 0.406. The molecule has 1 aromatic rings. The van der Waals surface area contributed by atoms with Gasteiger partial charge in [-0.15, -0.1) is 4.99 Å². The quantitative estimate of drug-likeness (QED) is 0.319. The van der Waals surface area contributed by atoms with Gasteiger partial charge in [-0.05, 0) is 12.5 Å². The average molecular weight is 256 g/mol. The van der Waals surface area contributed by atoms with Crippen LogP contribution in [0, 0.1) is 11.5 Å². The summed E-state index contributed by atoms with van der Waals surface area (Å²) in [6.45, 7) is 0. The largest absolute Gasteiger partial charge is 0.263 e. The maximum atomic E-state index is 8.47. The van der Waals surface area contributed by atoms with Crippen molar-refractivity contribution in [3.8, 4) is 6.19 Å². The zero-order chi connectivity index (χ0) is 12.1. The third-order valence-electron chi connectivity index (χ3n) is 1.92. The number of rotatable bonds is 1. The van der Waals surface area contributed by atoms with Crippen LogP contribution in [0.4, 0.5) is 0 Å². The standard InChI is InChI=1S/C8H12N6S2/c1-13-6(11-7(15-3)10-5-9)12-8(16-4)14(13)2/h1-4H3/b10-7?,11-6+. The highest BCUT2D eigenvalue weighted by Crippen LogP contribution is 2.07. The SMILES string of the molecule is CSC(=NC#N)/N=c1\nc(SC)n(C)n1C. The van der Waals surface area contributed by atoms with E-state index in [1.165, 1.54) is 23.5 Å². The van der Waals surface area contributed by atoms with Crippen LogP contribution in [0.3, 0.4) is 0 Å². The summed E-state index contributed by atoms with van der Waals surface area (Å²) >= 11 is 2.85. The van der Waals surface area contributed by atoms with Gasteiger partial charge in [0.2, 0.25) is 17.0 Å². The molecular formula is C8H12N6S2. The summed E-state index contributed by atoms with van der Waals surface area (Å²) in [6, 6.07) is 0. The van der Waals surface area contributed by atoms with E-state index in [2.05, 4.69) is 15.0 Å². The van der Waals surface area contributed by atoms with Gasteiger partial charge in [0.1, 0.15) is 0 Å². The Morgan fingerprint density at radius 1 is 1.38 bits per heavy atom. The zero-order valence-electron chi connectivity index (χ0n) is 9.50. The lowest BCUT2D eigenvalue weighted by molar-refractivity contribution is 0.538. The fourth-order valence-corrected chi connectivity index (χ4v) is 1.88. The molecule has 0 N–H and O–H groups in total. The van der Waals surface area contributed by atoms with Gasteiger partial charge >= 0.3 is 0 Å². The van der Waals surface area contributed by atoms with E-state index in [9.17, 15) is 0 Å². The molecule has 0 aliphatic heterocycles. The van der Waals surface area contributed by atoms with Crippen molar-refractivity contribution in [2.75, 3.05) is 12.5 Å². The molecule has 0 saturated heterocycles. The van der Waals surface area contributed by atoms with E-state index in [0.717, 1.165) is 5.16 Å². The predicted molar refractivity (Wildman–Crippen MR) is 66.1 cm³/mol. The maximum absolute atomic E-state index is 8.47. The van der Waals surface area contributed by atoms with Crippen molar-refractivity contribution in [1.29, 1.82) is 5.26 Å². The van der Waals surface area contributed by atoms with Crippen LogP contribution in [-0.4, -0.2) is 32.0 Å². The van der Waals surface area contributed by atoms with Crippen LogP contribution in [-0.2, 0) is 14.1 Å². The van der Waals surface area contributed by atoms with Gasteiger partial charge in [0.05, 0.1) is 0 Å². The Balaban J connectivity index is 3.29. The van der Waals surface area contributed by atoms with E-state index in [0.29, 0.717) is 10.8 Å². The molecule has 1 heterocycles. The van der Waals surface area contributed by atoms with E-state index in [4.69, 9.17) is 5.26 Å². The molecule has 1 rings (SSSR count). The lowest BCUT2D eigenvalue weighted by Crippen LogP contribution is -2.21. The smallest absolute Gasteiger partial charge is 0.249 e. The zero-order valence-corrected chi connectivity index (χ0v) is 11.1. The summed E-state index contributed by atoms with van der Waals surface area (Å²) in [5.41, 5.74) is 0.537. The minimum atomic E-state index is 0.406. The van der Waals surface area contributed by atoms with Crippen LogP contribution in [0.1, 0.15) is 0 Å². The first-order valence-corrected chi connectivity index (χ1v) is 6.78. The van der Waals surface area contributed by atoms with E-state index in [-0.39, 0.29) is 0 Å². The van der Waals surface area contributed by atoms with Crippen molar-refractivity contribution in [2.24, 2.45) is 24.1 Å². The minimum Gasteiger partial charge on any atom is -0.263 e. The van der Waals surface area contributed by atoms with E-state index < -0.39 is 0 Å². The lowest BCUT2D eigenvalue weighted by atomic mass is 11.0. The Bertz CT molecular complexity index is 504. The molecule has 0 unspecified atom stereocenters. The number of aliphatic imine (C=N–C) groups is 1. The molecule has 0 bridgehead atoms. The second-order valence-corrected chi connectivity index (χ2v) is 4.30. The van der Waals surface area contributed by atoms with Gasteiger partial charge in [0, 0.05) is 14.1 Å². The maximum Gasteiger partial charge on any atom is 0.249 e. The van der Waals surface area contributed by atoms with Gasteiger partial charge in [0.25, 0.3) is 0 Å². The molecule has 0 fully saturated rings. The number of hydrogen-bond donors (Lipinski definition) is 0. The molecule has 0 radical (unpaired) electrons. The molecule has 0 amide bonds. The molecule has 0 atom stereocenters. The number of thioether (sulfide) groups is 2. The Hall–Kier alpha value is -1.20. The highest BCUT2D eigenvalue weighted by atomic mass is 32.2. The van der Waals surface area contributed by atoms with Crippen molar-refractivity contribution >= 4 is 28.7 Å². The first-order valence-electron chi connectivity index (χ1n) is 4.33. The summed E-state index contributed by atoms with van der Waals surface area (Å²) in [5.74, 6) is 0. The van der Waals surface area contributed by atoms with Crippen LogP contribution in [0.25, 0.3) is 0 Å². The predicted octanol–water partition coefficient (Wildman–Crippen LogP) is 0.581. The third-order valence-corrected chi connectivity index (χ3v) is 3.19. The second-order valence-electron chi connectivity index (χ2n) is 2.76. The van der Waals surface area contributed by atoms with Crippen molar-refractivity contribution in [2.45, 2.75) is 5.16 Å². The van der Waals surface area contributed by atoms with Gasteiger partial charge in [-0.3, -0.25) is 9.36 Å². The lowest BCUT2D eigenvalue weighted by Gasteiger charge is -2.00. The van der Waals surface area contributed by atoms with Crippen molar-refractivity contribution in [1.82, 2.24) is 14.3 Å². The molecule has 0 saturated carbocycles. The van der Waals surface area contributed by atoms with Gasteiger partial charge < -0.3 is 0 Å². The van der Waals surface area contributed by atoms with Crippen LogP contribution >= 0.6 is 23.5 Å². The first-order chi connectivity index (χ1) is 7.63. The van der Waals surface area contributed by atoms with Gasteiger partial charge in [-0.1, -0.05) is 23.5 Å². The third kappa shape index (κ3) is 2.68. The summed E-state index contributed by atoms with van der Waals surface area (Å²) in [6.07, 6.45) is 5.49. The monoisotopic (exact) mass is 256 g/mol. The fraction of sp³-hybridized carbons (Fsp3) is 0.500. The topological polar surface area (TPSA) is 71.3 Å². The van der Waals surface area contributed by atoms with E-state index in [1.807, 2.05) is 31.3 Å². The molecule has 8 heteroatoms. The van der Waals surface area contributed by atoms with Gasteiger partial charge in [-0.2, -0.15) is 15.2 Å². The van der Waals surface area contributed by atoms with Crippen LogP contribution in [0.5, 0.6) is 0 Å². The van der Waals surface area contributed by atoms with Gasteiger partial charge in [0.15, 0.2) is 5.16 Å². The molecule has 0 aliphatic carbocycles. The van der Waals surface area contributed by atoms with Crippen LogP contribution < -0.4 is 5.62 Å². The number of hydrogen-bond acceptors (Lipinski definition) is 5. The summed E-state index contributed by atoms with van der Waals surface area (Å²) in [4.78, 5) is 12.1. The normalized spacial score (nSPS) is 12.9. The van der Waals surface area contributed by atoms with E-state index >= 15 is 0 Å². The van der Waals surface area contributed by atoms with Crippen molar-refractivity contribution in [3.63, 3.8) is 0 Å². The summed E-state index contributed by atoms with van der Waals surface area (Å²) in [5, 5.41) is 9.74. The number of aromatic nitrogens is 3. The molecule has 86 valence electrons. The van der Waals surface area contributed by atoms with Crippen LogP contribution in [0.2, 0.25) is 0 Å². The average Bonchev–Trinajstić information content (AvgIpc) is 2.56. The molecular weight excluding hydrogens is 244 g/mol. The number of amidine groups is 1. The summed E-state index contributed by atoms with van der Waals surface area (Å²) in [7, 11) is 3.76. The summed E-state index contributed by atoms with van der Waals surface area (Å²) < 4.78 is 3.68. The Labute approximate surface area is 102 Å². The molecule has 6 nitrogen and oxygen atoms in total. The Kier molecular flexibility index (Phi) is 4.64. The molecule has 16 heavy (non-hydrogen) atoms. The molecule has 0 aliphatic rings. The number of nitrogens with zero attached hydrogens (tertiary/aromatic N) is 6. The highest BCUT2D eigenvalue weighted by Gasteiger charge is 2.04. The van der Waals surface area contributed by atoms with Crippen LogP contribution in [0.15, 0.2) is 15.1 Å². The highest BCUT2D eigenvalue weighted by molar-refractivity contribution is 8.13. The molecule has 1 aromatic heterocycles. The molecule has 0 spiro atoms. The van der Waals surface area contributed by atoms with E-state index in [1.54, 1.807) is 10.9 Å². The van der Waals surface area contributed by atoms with Crippen molar-refractivity contribution < 1.29 is 0 Å². The Morgan fingerprint density at radius 3 is 2.50 bits per heavy atom. The number of nitriles is 1. The second kappa shape index (κ2) is 5.77. The first kappa shape index (κ1) is 12.9. The Morgan fingerprint density at radius 2 is 2.06 bits per heavy atom. The van der Waals surface area contributed by atoms with Crippen molar-refractivity contribution in [3.05, 3.63) is 5.62 Å². The fourth-order valence-electron chi connectivity index (χ4n) is 1.01. The van der Waals surface area contributed by atoms with Gasteiger partial charge in [-0.25, -0.2) is 0 Å².